The van der Waals surface area contributed by atoms with Crippen LogP contribution in [0.15, 0.2) is 24.3 Å². The van der Waals surface area contributed by atoms with Gasteiger partial charge in [0.1, 0.15) is 0 Å². The van der Waals surface area contributed by atoms with Crippen molar-refractivity contribution in [2.24, 2.45) is 0 Å². The van der Waals surface area contributed by atoms with Gasteiger partial charge >= 0.3 is 0 Å². The van der Waals surface area contributed by atoms with Gasteiger partial charge in [-0.15, -0.1) is 0 Å². The van der Waals surface area contributed by atoms with Crippen molar-refractivity contribution in [3.63, 3.8) is 0 Å². The fourth-order valence-electron chi connectivity index (χ4n) is 2.14. The smallest absolute Gasteiger partial charge is 0.0233 e. The van der Waals surface area contributed by atoms with Crippen molar-refractivity contribution in [3.05, 3.63) is 35.4 Å². The Morgan fingerprint density at radius 3 is 2.61 bits per heavy atom. The molecule has 18 heavy (non-hydrogen) atoms. The van der Waals surface area contributed by atoms with Crippen LogP contribution in [0.3, 0.4) is 0 Å². The fraction of sp³-hybridized carbons (Fsp3) is 0.625. The van der Waals surface area contributed by atoms with Gasteiger partial charge in [-0.1, -0.05) is 37.6 Å². The van der Waals surface area contributed by atoms with Crippen LogP contribution in [0.5, 0.6) is 0 Å². The van der Waals surface area contributed by atoms with Gasteiger partial charge in [0.15, 0.2) is 0 Å². The summed E-state index contributed by atoms with van der Waals surface area (Å²) in [6.07, 6.45) is 3.92. The predicted octanol–water partition coefficient (Wildman–Crippen LogP) is 3.21. The van der Waals surface area contributed by atoms with E-state index in [-0.39, 0.29) is 0 Å². The first-order chi connectivity index (χ1) is 8.74. The Balaban J connectivity index is 2.14. The van der Waals surface area contributed by atoms with Gasteiger partial charge in [0, 0.05) is 6.54 Å². The third-order valence-electron chi connectivity index (χ3n) is 3.34. The van der Waals surface area contributed by atoms with E-state index in [1.54, 1.807) is 0 Å². The van der Waals surface area contributed by atoms with Crippen LogP contribution >= 0.6 is 0 Å². The number of rotatable bonds is 9. The molecule has 2 nitrogen and oxygen atoms in total. The van der Waals surface area contributed by atoms with E-state index in [0.717, 1.165) is 19.6 Å². The summed E-state index contributed by atoms with van der Waals surface area (Å²) in [5.41, 5.74) is 2.85. The van der Waals surface area contributed by atoms with Gasteiger partial charge in [-0.25, -0.2) is 0 Å². The molecule has 0 aliphatic heterocycles. The molecule has 0 aromatic heterocycles. The van der Waals surface area contributed by atoms with Crippen LogP contribution in [0.25, 0.3) is 0 Å². The van der Waals surface area contributed by atoms with Gasteiger partial charge in [0.25, 0.3) is 0 Å². The van der Waals surface area contributed by atoms with E-state index < -0.39 is 0 Å². The molecule has 0 unspecified atom stereocenters. The normalized spacial score (nSPS) is 11.1. The molecule has 0 spiro atoms. The summed E-state index contributed by atoms with van der Waals surface area (Å²) < 4.78 is 0. The summed E-state index contributed by atoms with van der Waals surface area (Å²) >= 11 is 0. The van der Waals surface area contributed by atoms with Gasteiger partial charge < -0.3 is 10.2 Å². The minimum absolute atomic E-state index is 1.07. The molecule has 0 aliphatic carbocycles. The van der Waals surface area contributed by atoms with Gasteiger partial charge in [-0.2, -0.15) is 0 Å². The highest BCUT2D eigenvalue weighted by molar-refractivity contribution is 5.25. The fourth-order valence-corrected chi connectivity index (χ4v) is 2.14. The van der Waals surface area contributed by atoms with Crippen LogP contribution in [-0.2, 0) is 6.54 Å². The molecule has 0 amide bonds. The number of nitrogens with one attached hydrogen (secondary N) is 1. The molecule has 2 heteroatoms. The number of benzene rings is 1. The molecule has 0 saturated carbocycles. The maximum Gasteiger partial charge on any atom is 0.0233 e. The molecule has 1 aromatic rings. The zero-order chi connectivity index (χ0) is 13.2. The van der Waals surface area contributed by atoms with E-state index in [2.05, 4.69) is 55.4 Å². The highest BCUT2D eigenvalue weighted by atomic mass is 15.1. The van der Waals surface area contributed by atoms with E-state index in [1.165, 1.54) is 36.9 Å². The minimum atomic E-state index is 1.07. The first kappa shape index (κ1) is 15.2. The summed E-state index contributed by atoms with van der Waals surface area (Å²) in [5, 5.41) is 3.37. The zero-order valence-corrected chi connectivity index (χ0v) is 12.2. The lowest BCUT2D eigenvalue weighted by molar-refractivity contribution is 0.316. The lowest BCUT2D eigenvalue weighted by Crippen LogP contribution is -2.20. The van der Waals surface area contributed by atoms with Crippen LogP contribution in [0.2, 0.25) is 0 Å². The van der Waals surface area contributed by atoms with Crippen molar-refractivity contribution < 1.29 is 0 Å². The highest BCUT2D eigenvalue weighted by Gasteiger charge is 2.02. The van der Waals surface area contributed by atoms with Crippen LogP contribution in [0.4, 0.5) is 0 Å². The summed E-state index contributed by atoms with van der Waals surface area (Å²) in [5.74, 6) is 0. The average molecular weight is 248 g/mol. The van der Waals surface area contributed by atoms with Gasteiger partial charge in [0.05, 0.1) is 0 Å². The van der Waals surface area contributed by atoms with Crippen molar-refractivity contribution in [1.29, 1.82) is 0 Å². The molecular formula is C16H28N2. The Morgan fingerprint density at radius 2 is 1.89 bits per heavy atom. The molecule has 1 rings (SSSR count). The van der Waals surface area contributed by atoms with Gasteiger partial charge in [-0.05, 0) is 57.6 Å². The number of hydrogen-bond donors (Lipinski definition) is 1. The highest BCUT2D eigenvalue weighted by Crippen LogP contribution is 2.10. The minimum Gasteiger partial charge on any atom is -0.317 e. The second-order valence-corrected chi connectivity index (χ2v) is 5.08. The molecule has 0 radical (unpaired) electrons. The second-order valence-electron chi connectivity index (χ2n) is 5.08. The molecule has 0 aliphatic rings. The average Bonchev–Trinajstić information content (AvgIpc) is 2.36. The van der Waals surface area contributed by atoms with Crippen LogP contribution in [0.1, 0.15) is 37.3 Å². The summed E-state index contributed by atoms with van der Waals surface area (Å²) in [6, 6.07) is 8.67. The lowest BCUT2D eigenvalue weighted by Gasteiger charge is -2.17. The third-order valence-corrected chi connectivity index (χ3v) is 3.34. The monoisotopic (exact) mass is 248 g/mol. The molecule has 1 N–H and O–H groups in total. The predicted molar refractivity (Wildman–Crippen MR) is 79.9 cm³/mol. The Bertz CT molecular complexity index is 323. The largest absolute Gasteiger partial charge is 0.317 e. The van der Waals surface area contributed by atoms with Crippen molar-refractivity contribution in [3.8, 4) is 0 Å². The third kappa shape index (κ3) is 6.18. The molecule has 1 aromatic carbocycles. The van der Waals surface area contributed by atoms with Crippen molar-refractivity contribution in [1.82, 2.24) is 10.2 Å². The quantitative estimate of drug-likeness (QED) is 0.675. The number of aryl methyl sites for hydroxylation is 1. The summed E-state index contributed by atoms with van der Waals surface area (Å²) in [7, 11) is 2.22. The second kappa shape index (κ2) is 9.12. The number of unbranched alkanes of at least 4 members (excludes halogenated alkanes) is 2. The van der Waals surface area contributed by atoms with Crippen LogP contribution < -0.4 is 5.32 Å². The van der Waals surface area contributed by atoms with E-state index in [4.69, 9.17) is 0 Å². The van der Waals surface area contributed by atoms with Crippen LogP contribution in [-0.4, -0.2) is 31.6 Å². The first-order valence-corrected chi connectivity index (χ1v) is 7.17. The Labute approximate surface area is 112 Å². The molecule has 0 heterocycles. The Hall–Kier alpha value is -0.860. The van der Waals surface area contributed by atoms with E-state index in [0.29, 0.717) is 0 Å². The van der Waals surface area contributed by atoms with Gasteiger partial charge in [-0.3, -0.25) is 0 Å². The molecule has 0 fully saturated rings. The van der Waals surface area contributed by atoms with E-state index in [1.807, 2.05) is 0 Å². The topological polar surface area (TPSA) is 15.3 Å². The maximum atomic E-state index is 3.37. The standard InChI is InChI=1S/C16H28N2/c1-4-17-12-8-5-9-13-18(3)14-16-11-7-6-10-15(16)2/h6-7,10-11,17H,4-5,8-9,12-14H2,1-3H3. The summed E-state index contributed by atoms with van der Waals surface area (Å²) in [6.45, 7) is 8.88. The number of hydrogen-bond acceptors (Lipinski definition) is 2. The molecule has 102 valence electrons. The lowest BCUT2D eigenvalue weighted by atomic mass is 10.1. The van der Waals surface area contributed by atoms with Crippen LogP contribution in [0, 0.1) is 6.92 Å². The maximum absolute atomic E-state index is 3.37. The SMILES string of the molecule is CCNCCCCCN(C)Cc1ccccc1C. The zero-order valence-electron chi connectivity index (χ0n) is 12.2. The van der Waals surface area contributed by atoms with E-state index in [9.17, 15) is 0 Å². The van der Waals surface area contributed by atoms with Crippen molar-refractivity contribution in [2.45, 2.75) is 39.7 Å². The molecule has 0 saturated heterocycles. The van der Waals surface area contributed by atoms with Crippen molar-refractivity contribution >= 4 is 0 Å². The Morgan fingerprint density at radius 1 is 1.11 bits per heavy atom. The summed E-state index contributed by atoms with van der Waals surface area (Å²) in [4.78, 5) is 2.43. The van der Waals surface area contributed by atoms with Crippen molar-refractivity contribution in [2.75, 3.05) is 26.7 Å². The van der Waals surface area contributed by atoms with E-state index >= 15 is 0 Å². The van der Waals surface area contributed by atoms with Gasteiger partial charge in [0.2, 0.25) is 0 Å². The first-order valence-electron chi connectivity index (χ1n) is 7.17. The number of nitrogens with zero attached hydrogens (tertiary/aromatic N) is 1. The Kier molecular flexibility index (Phi) is 7.70. The molecular weight excluding hydrogens is 220 g/mol. The molecule has 0 bridgehead atoms. The molecule has 0 atom stereocenters.